The van der Waals surface area contributed by atoms with Crippen molar-refractivity contribution in [3.8, 4) is 33.6 Å². The average Bonchev–Trinajstić information content (AvgIpc) is 4.07. The molecule has 2 aliphatic heterocycles. The molecule has 5 heterocycles. The van der Waals surface area contributed by atoms with Crippen molar-refractivity contribution in [3.05, 3.63) is 239 Å². The maximum absolute atomic E-state index is 2.66. The van der Waals surface area contributed by atoms with E-state index in [1.165, 1.54) is 122 Å². The van der Waals surface area contributed by atoms with Crippen molar-refractivity contribution in [2.75, 3.05) is 0 Å². The fourth-order valence-corrected chi connectivity index (χ4v) is 13.5. The smallest absolute Gasteiger partial charge is 0.0747 e. The first kappa shape index (κ1) is 34.4. The zero-order valence-electron chi connectivity index (χ0n) is 35.6. The molecule has 8 aromatic carbocycles. The first-order valence-electron chi connectivity index (χ1n) is 23.1. The monoisotopic (exact) mass is 825 g/mol. The first-order valence-corrected chi connectivity index (χ1v) is 23.1. The number of rotatable bonds is 0. The summed E-state index contributed by atoms with van der Waals surface area (Å²) < 4.78 is 7.79. The Morgan fingerprint density at radius 1 is 0.446 bits per heavy atom. The van der Waals surface area contributed by atoms with E-state index in [-0.39, 0.29) is 11.8 Å². The summed E-state index contributed by atoms with van der Waals surface area (Å²) in [5.41, 5.74) is 23.9. The molecule has 3 heteroatoms. The number of para-hydroxylation sites is 3. The average molecular weight is 826 g/mol. The lowest BCUT2D eigenvalue weighted by molar-refractivity contribution is 0.749. The van der Waals surface area contributed by atoms with Crippen molar-refractivity contribution in [1.29, 1.82) is 0 Å². The molecule has 4 aliphatic carbocycles. The number of nitrogens with zero attached hydrogens (tertiary/aromatic N) is 3. The number of benzene rings is 8. The fourth-order valence-electron chi connectivity index (χ4n) is 13.5. The van der Waals surface area contributed by atoms with E-state index in [9.17, 15) is 0 Å². The molecule has 0 saturated carbocycles. The van der Waals surface area contributed by atoms with E-state index in [0.717, 1.165) is 11.4 Å². The molecule has 0 N–H and O–H groups in total. The van der Waals surface area contributed by atoms with Gasteiger partial charge in [-0.25, -0.2) is 0 Å². The lowest BCUT2D eigenvalue weighted by Gasteiger charge is -2.31. The molecule has 3 atom stereocenters. The van der Waals surface area contributed by atoms with E-state index in [2.05, 4.69) is 227 Å². The third-order valence-corrected chi connectivity index (χ3v) is 16.0. The number of aromatic nitrogens is 3. The highest BCUT2D eigenvalue weighted by Gasteiger charge is 2.54. The molecule has 3 unspecified atom stereocenters. The van der Waals surface area contributed by atoms with E-state index in [1.54, 1.807) is 0 Å². The van der Waals surface area contributed by atoms with Crippen LogP contribution in [0.4, 0.5) is 0 Å². The van der Waals surface area contributed by atoms with Gasteiger partial charge in [0.1, 0.15) is 0 Å². The van der Waals surface area contributed by atoms with Crippen LogP contribution in [0.3, 0.4) is 0 Å². The summed E-state index contributed by atoms with van der Waals surface area (Å²) in [4.78, 5) is 0. The van der Waals surface area contributed by atoms with Crippen LogP contribution in [0.25, 0.3) is 99.9 Å². The third kappa shape index (κ3) is 3.94. The zero-order valence-corrected chi connectivity index (χ0v) is 35.6. The van der Waals surface area contributed by atoms with Crippen LogP contribution >= 0.6 is 0 Å². The number of fused-ring (bicyclic) bond motifs is 11. The summed E-state index contributed by atoms with van der Waals surface area (Å²) in [5.74, 6) is 0.132. The first-order chi connectivity index (χ1) is 32.2. The number of hydrogen-bond donors (Lipinski definition) is 0. The Hall–Kier alpha value is -8.14. The predicted molar refractivity (Wildman–Crippen MR) is 269 cm³/mol. The molecule has 0 amide bonds. The normalized spacial score (nSPS) is 19.3. The Labute approximate surface area is 375 Å². The molecule has 6 aliphatic rings. The lowest BCUT2D eigenvalue weighted by atomic mass is 9.70. The maximum Gasteiger partial charge on any atom is 0.0747 e. The van der Waals surface area contributed by atoms with Gasteiger partial charge in [-0.05, 0) is 87.5 Å². The van der Waals surface area contributed by atoms with Crippen molar-refractivity contribution in [3.63, 3.8) is 0 Å². The summed E-state index contributed by atoms with van der Waals surface area (Å²) in [6.07, 6.45) is 14.3. The van der Waals surface area contributed by atoms with Gasteiger partial charge in [0.2, 0.25) is 0 Å². The van der Waals surface area contributed by atoms with Gasteiger partial charge >= 0.3 is 0 Å². The molecule has 17 rings (SSSR count). The molecule has 3 aromatic heterocycles. The molecule has 302 valence electrons. The highest BCUT2D eigenvalue weighted by Crippen LogP contribution is 2.66. The fraction of sp³-hybridized carbons (Fsp3) is 0.0645. The van der Waals surface area contributed by atoms with Crippen LogP contribution in [0.5, 0.6) is 0 Å². The molecule has 3 nitrogen and oxygen atoms in total. The van der Waals surface area contributed by atoms with Gasteiger partial charge in [-0.15, -0.1) is 0 Å². The topological polar surface area (TPSA) is 14.8 Å². The molecular weight excluding hydrogens is 787 g/mol. The molecule has 1 spiro atoms. The number of hydrogen-bond acceptors (Lipinski definition) is 0. The van der Waals surface area contributed by atoms with Gasteiger partial charge in [0.15, 0.2) is 0 Å². The van der Waals surface area contributed by atoms with E-state index < -0.39 is 5.41 Å². The van der Waals surface area contributed by atoms with Crippen molar-refractivity contribution in [2.45, 2.75) is 18.3 Å². The second-order valence-electron chi connectivity index (χ2n) is 18.7. The largest absolute Gasteiger partial charge is 0.312 e. The summed E-state index contributed by atoms with van der Waals surface area (Å²) in [6, 6.07) is 65.0. The molecule has 11 aromatic rings. The van der Waals surface area contributed by atoms with Crippen LogP contribution in [-0.4, -0.2) is 13.7 Å². The van der Waals surface area contributed by atoms with Gasteiger partial charge < -0.3 is 13.7 Å². The summed E-state index contributed by atoms with van der Waals surface area (Å²) in [6.45, 7) is 2.44. The quantitative estimate of drug-likeness (QED) is 0.145. The molecule has 0 radical (unpaired) electrons. The SMILES string of the molecule is CC1C2=CC=Cc3c4n(c5ccccc35)-c3ccc(cc3)-n3c5ccccc5c5ccc6c(c53)C3(c5ccccc5-6)c5ccccc5-c5c3ccc3c6ccccc6n(c53)C1=CC=CC24. The van der Waals surface area contributed by atoms with Crippen LogP contribution in [0.15, 0.2) is 206 Å². The van der Waals surface area contributed by atoms with Crippen LogP contribution < -0.4 is 0 Å². The molecule has 0 saturated heterocycles. The van der Waals surface area contributed by atoms with E-state index in [4.69, 9.17) is 0 Å². The molecule has 0 fully saturated rings. The van der Waals surface area contributed by atoms with E-state index >= 15 is 0 Å². The minimum atomic E-state index is -0.581. The Balaban J connectivity index is 1.15. The molecule has 10 bridgehead atoms. The van der Waals surface area contributed by atoms with Crippen LogP contribution in [0, 0.1) is 5.92 Å². The van der Waals surface area contributed by atoms with Gasteiger partial charge in [0, 0.05) is 78.2 Å². The zero-order chi connectivity index (χ0) is 42.3. The van der Waals surface area contributed by atoms with Gasteiger partial charge in [-0.1, -0.05) is 165 Å². The maximum atomic E-state index is 2.66. The van der Waals surface area contributed by atoms with Gasteiger partial charge in [-0.3, -0.25) is 0 Å². The Morgan fingerprint density at radius 2 is 1.05 bits per heavy atom. The van der Waals surface area contributed by atoms with Crippen LogP contribution in [0.2, 0.25) is 0 Å². The van der Waals surface area contributed by atoms with Gasteiger partial charge in [0.05, 0.1) is 33.0 Å². The second kappa shape index (κ2) is 11.9. The highest BCUT2D eigenvalue weighted by atomic mass is 15.0. The third-order valence-electron chi connectivity index (χ3n) is 16.0. The minimum Gasteiger partial charge on any atom is -0.312 e. The van der Waals surface area contributed by atoms with Crippen LogP contribution in [-0.2, 0) is 5.41 Å². The summed E-state index contributed by atoms with van der Waals surface area (Å²) in [5, 5.41) is 6.38. The van der Waals surface area contributed by atoms with E-state index in [0.29, 0.717) is 0 Å². The van der Waals surface area contributed by atoms with Gasteiger partial charge in [0.25, 0.3) is 0 Å². The highest BCUT2D eigenvalue weighted by molar-refractivity contribution is 6.19. The summed E-state index contributed by atoms with van der Waals surface area (Å²) in [7, 11) is 0. The molecular formula is C62H39N3. The van der Waals surface area contributed by atoms with Crippen molar-refractivity contribution < 1.29 is 0 Å². The predicted octanol–water partition coefficient (Wildman–Crippen LogP) is 15.3. The Bertz CT molecular complexity index is 4140. The minimum absolute atomic E-state index is 0.0471. The van der Waals surface area contributed by atoms with Crippen LogP contribution in [0.1, 0.15) is 46.4 Å². The van der Waals surface area contributed by atoms with Crippen molar-refractivity contribution in [2.24, 2.45) is 5.92 Å². The molecule has 65 heavy (non-hydrogen) atoms. The van der Waals surface area contributed by atoms with E-state index in [1.807, 2.05) is 0 Å². The lowest BCUT2D eigenvalue weighted by Crippen LogP contribution is -2.26. The Morgan fingerprint density at radius 3 is 1.82 bits per heavy atom. The van der Waals surface area contributed by atoms with Crippen molar-refractivity contribution >= 4 is 66.3 Å². The second-order valence-corrected chi connectivity index (χ2v) is 18.7. The Kier molecular flexibility index (Phi) is 6.29. The standard InChI is InChI=1S/C62H39N3/c1-36-39-19-12-20-46-41-15-4-9-24-54(41)63-37-28-30-38(31-29-37)64-55-25-10-5-17-43(55)48-33-32-44-40-14-2-7-22-50(40)62(58(44)61(48)64)51-23-8-3-18-49(51)57-52(62)35-34-47-42-16-6-11-26-56(42)65(60(47)57)53(36)27-13-21-45(39)59(46)63/h2-36,45H,1H3. The summed E-state index contributed by atoms with van der Waals surface area (Å²) >= 11 is 0. The van der Waals surface area contributed by atoms with Gasteiger partial charge in [-0.2, -0.15) is 0 Å². The number of allylic oxidation sites excluding steroid dienone is 7. The van der Waals surface area contributed by atoms with Crippen molar-refractivity contribution in [1.82, 2.24) is 13.7 Å².